The van der Waals surface area contributed by atoms with Crippen LogP contribution in [0.5, 0.6) is 5.95 Å². The Morgan fingerprint density at radius 3 is 2.22 bits per heavy atom. The van der Waals surface area contributed by atoms with Gasteiger partial charge in [-0.2, -0.15) is 0 Å². The maximum atomic E-state index is 13.6. The van der Waals surface area contributed by atoms with E-state index in [2.05, 4.69) is 75.1 Å². The average molecular weight is 663 g/mol. The molecule has 0 aliphatic heterocycles. The van der Waals surface area contributed by atoms with Crippen LogP contribution in [0.1, 0.15) is 117 Å². The molecule has 0 spiro atoms. The third-order valence-electron chi connectivity index (χ3n) is 13.0. The topological polar surface area (TPSA) is 78.1 Å². The van der Waals surface area contributed by atoms with Crippen LogP contribution < -0.4 is 10.2 Å². The number of ether oxygens (including phenoxy) is 1. The summed E-state index contributed by atoms with van der Waals surface area (Å²) in [5.74, 6) is 0.634. The van der Waals surface area contributed by atoms with E-state index in [4.69, 9.17) is 18.0 Å². The summed E-state index contributed by atoms with van der Waals surface area (Å²) in [5.41, 5.74) is 1.19. The fourth-order valence-electron chi connectivity index (χ4n) is 8.62. The third-order valence-corrected chi connectivity index (χ3v) is 22.2. The Labute approximate surface area is 277 Å². The summed E-state index contributed by atoms with van der Waals surface area (Å²) in [6.07, 6.45) is 4.79. The Hall–Kier alpha value is -1.20. The minimum atomic E-state index is -1.87. The quantitative estimate of drug-likeness (QED) is 0.129. The lowest BCUT2D eigenvalue weighted by atomic mass is 9.44. The van der Waals surface area contributed by atoms with Gasteiger partial charge in [0.1, 0.15) is 11.3 Å². The maximum absolute atomic E-state index is 13.6. The second-order valence-corrected chi connectivity index (χ2v) is 25.8. The molecule has 0 aromatic carbocycles. The van der Waals surface area contributed by atoms with Gasteiger partial charge in [0.15, 0.2) is 22.1 Å². The molecular formula is C37H66O6Si2. The molecule has 2 aliphatic rings. The van der Waals surface area contributed by atoms with E-state index >= 15 is 0 Å². The second-order valence-electron chi connectivity index (χ2n) is 16.3. The molecule has 258 valence electrons. The first-order valence-electron chi connectivity index (χ1n) is 17.6. The molecule has 0 saturated heterocycles. The smallest absolute Gasteiger partial charge is 0.294 e. The van der Waals surface area contributed by atoms with Gasteiger partial charge in [-0.25, -0.2) is 0 Å². The van der Waals surface area contributed by atoms with Crippen molar-refractivity contribution >= 4 is 16.6 Å². The van der Waals surface area contributed by atoms with Gasteiger partial charge in [-0.1, -0.05) is 67.5 Å². The number of aryl methyl sites for hydroxylation is 1. The highest BCUT2D eigenvalue weighted by Gasteiger charge is 2.60. The number of aliphatic hydroxyl groups is 1. The Kier molecular flexibility index (Phi) is 12.0. The number of methoxy groups -OCH3 is 1. The molecule has 0 bridgehead atoms. The molecule has 0 unspecified atom stereocenters. The molecule has 45 heavy (non-hydrogen) atoms. The van der Waals surface area contributed by atoms with E-state index in [9.17, 15) is 9.90 Å². The standard InChI is InChI=1S/C37H66O6Si2/c1-15-45(16-2,17-3)43-29-21-23-37(11)28(36(29,10)22-18-24-41-44(13,14)35(7,8)9)20-19-25(4)31(37)33(39)30-32(38)26(5)27(6)42-34(30)40-12/h28-29,31,33,39H,4,15-24H2,1-3,5-14H3/t28-,29+,31-,33-,36-,37+/m0/s1. The lowest BCUT2D eigenvalue weighted by Gasteiger charge is -2.62. The molecule has 6 nitrogen and oxygen atoms in total. The van der Waals surface area contributed by atoms with Crippen molar-refractivity contribution in [1.29, 1.82) is 0 Å². The zero-order valence-electron chi connectivity index (χ0n) is 31.1. The lowest BCUT2D eigenvalue weighted by molar-refractivity contribution is -0.149. The highest BCUT2D eigenvalue weighted by molar-refractivity contribution is 6.74. The Bertz CT molecular complexity index is 1240. The van der Waals surface area contributed by atoms with Gasteiger partial charge in [0.25, 0.3) is 5.95 Å². The Morgan fingerprint density at radius 1 is 1.09 bits per heavy atom. The van der Waals surface area contributed by atoms with Crippen LogP contribution in [0, 0.1) is 36.5 Å². The molecule has 3 rings (SSSR count). The number of aliphatic hydroxyl groups excluding tert-OH is 1. The molecule has 1 N–H and O–H groups in total. The van der Waals surface area contributed by atoms with E-state index in [1.54, 1.807) is 13.8 Å². The molecule has 1 aromatic heterocycles. The molecule has 2 fully saturated rings. The molecular weight excluding hydrogens is 597 g/mol. The number of hydrogen-bond acceptors (Lipinski definition) is 6. The normalized spacial score (nSPS) is 28.6. The van der Waals surface area contributed by atoms with Crippen LogP contribution in [-0.2, 0) is 8.85 Å². The van der Waals surface area contributed by atoms with Crippen LogP contribution in [0.3, 0.4) is 0 Å². The van der Waals surface area contributed by atoms with Crippen LogP contribution in [0.4, 0.5) is 0 Å². The van der Waals surface area contributed by atoms with Crippen molar-refractivity contribution in [2.45, 2.75) is 156 Å². The monoisotopic (exact) mass is 662 g/mol. The zero-order chi connectivity index (χ0) is 34.2. The van der Waals surface area contributed by atoms with Crippen molar-refractivity contribution in [2.75, 3.05) is 13.7 Å². The summed E-state index contributed by atoms with van der Waals surface area (Å²) in [6, 6.07) is 3.39. The van der Waals surface area contributed by atoms with Gasteiger partial charge in [0.05, 0.1) is 19.3 Å². The third kappa shape index (κ3) is 7.15. The van der Waals surface area contributed by atoms with E-state index < -0.39 is 22.7 Å². The van der Waals surface area contributed by atoms with Crippen molar-refractivity contribution in [3.8, 4) is 5.95 Å². The van der Waals surface area contributed by atoms with Gasteiger partial charge < -0.3 is 23.1 Å². The van der Waals surface area contributed by atoms with Crippen molar-refractivity contribution in [3.63, 3.8) is 0 Å². The van der Waals surface area contributed by atoms with E-state index in [0.29, 0.717) is 17.2 Å². The SMILES string of the molecule is C=C1CC[C@H]2[C@](C)(CCCO[Si](C)(C)C(C)(C)C)[C@H](O[Si](CC)(CC)CC)CC[C@@]2(C)[C@@H]1[C@@H](O)c1c(OC)oc(C)c(C)c1=O. The molecule has 8 heteroatoms. The summed E-state index contributed by atoms with van der Waals surface area (Å²) < 4.78 is 25.6. The summed E-state index contributed by atoms with van der Waals surface area (Å²) in [6.45, 7) is 32.1. The summed E-state index contributed by atoms with van der Waals surface area (Å²) in [5, 5.41) is 12.4. The number of hydrogen-bond donors (Lipinski definition) is 1. The summed E-state index contributed by atoms with van der Waals surface area (Å²) in [4.78, 5) is 13.6. The van der Waals surface area contributed by atoms with Gasteiger partial charge in [-0.3, -0.25) is 4.79 Å². The van der Waals surface area contributed by atoms with Gasteiger partial charge in [0, 0.05) is 18.1 Å². The highest BCUT2D eigenvalue weighted by Crippen LogP contribution is 2.65. The van der Waals surface area contributed by atoms with Crippen LogP contribution >= 0.6 is 0 Å². The van der Waals surface area contributed by atoms with Crippen LogP contribution in [0.25, 0.3) is 0 Å². The molecule has 0 radical (unpaired) electrons. The van der Waals surface area contributed by atoms with Gasteiger partial charge in [-0.15, -0.1) is 0 Å². The lowest BCUT2D eigenvalue weighted by Crippen LogP contribution is -2.59. The predicted octanol–water partition coefficient (Wildman–Crippen LogP) is 9.88. The Balaban J connectivity index is 2.06. The van der Waals surface area contributed by atoms with E-state index in [-0.39, 0.29) is 44.8 Å². The maximum Gasteiger partial charge on any atom is 0.294 e. The zero-order valence-corrected chi connectivity index (χ0v) is 33.1. The van der Waals surface area contributed by atoms with E-state index in [1.807, 2.05) is 0 Å². The first kappa shape index (κ1) is 38.3. The van der Waals surface area contributed by atoms with Crippen LogP contribution in [-0.4, -0.2) is 41.6 Å². The van der Waals surface area contributed by atoms with Crippen molar-refractivity contribution in [3.05, 3.63) is 39.3 Å². The highest BCUT2D eigenvalue weighted by atomic mass is 28.4. The second kappa shape index (κ2) is 14.1. The minimum absolute atomic E-state index is 0.0990. The fourth-order valence-corrected chi connectivity index (χ4v) is 12.7. The first-order valence-corrected chi connectivity index (χ1v) is 23.1. The molecule has 0 amide bonds. The summed E-state index contributed by atoms with van der Waals surface area (Å²) >= 11 is 0. The largest absolute Gasteiger partial charge is 0.468 e. The minimum Gasteiger partial charge on any atom is -0.468 e. The molecule has 2 aliphatic carbocycles. The predicted molar refractivity (Wildman–Crippen MR) is 191 cm³/mol. The average Bonchev–Trinajstić information content (AvgIpc) is 2.97. The van der Waals surface area contributed by atoms with Gasteiger partial charge in [-0.05, 0) is 105 Å². The van der Waals surface area contributed by atoms with Crippen molar-refractivity contribution < 1.29 is 23.1 Å². The number of rotatable bonds is 13. The van der Waals surface area contributed by atoms with Gasteiger partial charge >= 0.3 is 0 Å². The molecule has 1 aromatic rings. The number of fused-ring (bicyclic) bond motifs is 1. The molecule has 2 saturated carbocycles. The van der Waals surface area contributed by atoms with E-state index in [1.165, 1.54) is 7.11 Å². The fraction of sp³-hybridized carbons (Fsp3) is 0.811. The van der Waals surface area contributed by atoms with Crippen molar-refractivity contribution in [2.24, 2.45) is 22.7 Å². The summed E-state index contributed by atoms with van der Waals surface area (Å²) in [7, 11) is -2.23. The van der Waals surface area contributed by atoms with Crippen molar-refractivity contribution in [1.82, 2.24) is 0 Å². The van der Waals surface area contributed by atoms with Gasteiger partial charge in [0.2, 0.25) is 0 Å². The Morgan fingerprint density at radius 2 is 1.69 bits per heavy atom. The molecule has 1 heterocycles. The first-order chi connectivity index (χ1) is 20.8. The molecule has 6 atom stereocenters. The van der Waals surface area contributed by atoms with E-state index in [0.717, 1.165) is 68.8 Å². The van der Waals surface area contributed by atoms with Crippen LogP contribution in [0.2, 0.25) is 36.3 Å². The van der Waals surface area contributed by atoms with Crippen LogP contribution in [0.15, 0.2) is 21.4 Å².